The van der Waals surface area contributed by atoms with Gasteiger partial charge in [0.15, 0.2) is 0 Å². The number of ether oxygens (including phenoxy) is 1. The smallest absolute Gasteiger partial charge is 0.227 e. The van der Waals surface area contributed by atoms with Gasteiger partial charge in [-0.05, 0) is 70.9 Å². The second kappa shape index (κ2) is 12.8. The van der Waals surface area contributed by atoms with Crippen molar-refractivity contribution in [3.63, 3.8) is 0 Å². The first-order valence-corrected chi connectivity index (χ1v) is 14.3. The van der Waals surface area contributed by atoms with Gasteiger partial charge >= 0.3 is 0 Å². The molecule has 0 radical (unpaired) electrons. The fraction of sp³-hybridized carbons (Fsp3) is 0.500. The summed E-state index contributed by atoms with van der Waals surface area (Å²) >= 11 is 0. The zero-order valence-corrected chi connectivity index (χ0v) is 23.3. The largest absolute Gasteiger partial charge is 0.381 e. The topological polar surface area (TPSA) is 73.8 Å². The Morgan fingerprint density at radius 3 is 2.43 bits per heavy atom. The minimum absolute atomic E-state index is 0.339. The zero-order chi connectivity index (χ0) is 26.4. The van der Waals surface area contributed by atoms with Crippen molar-refractivity contribution in [2.75, 3.05) is 44.7 Å². The van der Waals surface area contributed by atoms with Gasteiger partial charge in [0.1, 0.15) is 11.0 Å². The number of anilines is 2. The van der Waals surface area contributed by atoms with Crippen molar-refractivity contribution >= 4 is 28.3 Å². The van der Waals surface area contributed by atoms with Gasteiger partial charge < -0.3 is 15.0 Å². The number of rotatable bonds is 9. The molecule has 2 aliphatic heterocycles. The summed E-state index contributed by atoms with van der Waals surface area (Å²) in [4.78, 5) is 14.8. The van der Waals surface area contributed by atoms with Gasteiger partial charge in [-0.15, -0.1) is 0 Å². The minimum atomic E-state index is -1.16. The molecule has 2 saturated heterocycles. The van der Waals surface area contributed by atoms with Crippen molar-refractivity contribution in [2.24, 2.45) is 0 Å². The van der Waals surface area contributed by atoms with Crippen LogP contribution in [0.15, 0.2) is 59.8 Å². The minimum Gasteiger partial charge on any atom is -0.381 e. The third-order valence-corrected chi connectivity index (χ3v) is 8.48. The monoisotopic (exact) mass is 524 g/mol. The highest BCUT2D eigenvalue weighted by molar-refractivity contribution is 7.82. The Bertz CT molecular complexity index is 1110. The first kappa shape index (κ1) is 27.4. The van der Waals surface area contributed by atoms with Crippen LogP contribution >= 0.6 is 0 Å². The fourth-order valence-corrected chi connectivity index (χ4v) is 6.11. The quantitative estimate of drug-likeness (QED) is 0.512. The molecule has 0 aliphatic carbocycles. The molecule has 2 aliphatic rings. The third-order valence-electron chi connectivity index (χ3n) is 6.97. The summed E-state index contributed by atoms with van der Waals surface area (Å²) in [6.45, 7) is 17.8. The molecule has 1 aromatic carbocycles. The predicted molar refractivity (Wildman–Crippen MR) is 151 cm³/mol. The van der Waals surface area contributed by atoms with E-state index < -0.39 is 11.0 Å². The molecule has 0 saturated carbocycles. The number of benzene rings is 1. The van der Waals surface area contributed by atoms with Gasteiger partial charge in [-0.2, -0.15) is 0 Å². The van der Waals surface area contributed by atoms with Crippen molar-refractivity contribution in [3.8, 4) is 0 Å². The molecule has 9 heteroatoms. The summed E-state index contributed by atoms with van der Waals surface area (Å²) < 4.78 is 20.7. The number of aromatic nitrogens is 2. The number of hydrogen-bond donors (Lipinski definition) is 1. The average Bonchev–Trinajstić information content (AvgIpc) is 2.92. The molecule has 1 N–H and O–H groups in total. The molecule has 0 amide bonds. The van der Waals surface area contributed by atoms with Gasteiger partial charge in [0.05, 0.1) is 16.3 Å². The van der Waals surface area contributed by atoms with Gasteiger partial charge in [0.2, 0.25) is 5.95 Å². The maximum atomic E-state index is 13.1. The lowest BCUT2D eigenvalue weighted by Crippen LogP contribution is -2.49. The van der Waals surface area contributed by atoms with Crippen LogP contribution in [0.25, 0.3) is 5.70 Å². The van der Waals surface area contributed by atoms with Gasteiger partial charge in [-0.1, -0.05) is 12.7 Å². The Hall–Kier alpha value is -2.59. The standard InChI is InChI=1S/C28H40N6O2S/c1-6-27(34(22(4)5)24-12-19-36-20-13-24)26-11-14-29-28(31-26)30-23-7-9-25(10-8-23)37(35)33-17-15-32(16-18-33)21(2)3/h6-11,14,21,24H,4,12-13,15-20H2,1-3,5H3,(H,29,30,31)/b27-6-. The Labute approximate surface area is 224 Å². The van der Waals surface area contributed by atoms with E-state index in [1.165, 1.54) is 0 Å². The number of hydrogen-bond acceptors (Lipinski definition) is 7. The number of nitrogens with zero attached hydrogens (tertiary/aromatic N) is 5. The van der Waals surface area contributed by atoms with E-state index in [4.69, 9.17) is 9.72 Å². The molecule has 200 valence electrons. The Morgan fingerprint density at radius 1 is 1.16 bits per heavy atom. The summed E-state index contributed by atoms with van der Waals surface area (Å²) in [6, 6.07) is 10.5. The lowest BCUT2D eigenvalue weighted by molar-refractivity contribution is 0.0599. The maximum Gasteiger partial charge on any atom is 0.227 e. The van der Waals surface area contributed by atoms with Gasteiger partial charge in [-0.3, -0.25) is 4.90 Å². The van der Waals surface area contributed by atoms with Crippen LogP contribution in [0.2, 0.25) is 0 Å². The third kappa shape index (κ3) is 6.84. The Kier molecular flexibility index (Phi) is 9.48. The van der Waals surface area contributed by atoms with Crippen LogP contribution in [0.3, 0.4) is 0 Å². The second-order valence-corrected chi connectivity index (χ2v) is 11.3. The van der Waals surface area contributed by atoms with Gasteiger partial charge in [0.25, 0.3) is 0 Å². The van der Waals surface area contributed by atoms with E-state index in [0.29, 0.717) is 18.0 Å². The van der Waals surface area contributed by atoms with Crippen molar-refractivity contribution in [1.29, 1.82) is 0 Å². The Morgan fingerprint density at radius 2 is 1.84 bits per heavy atom. The van der Waals surface area contributed by atoms with E-state index in [1.54, 1.807) is 6.20 Å². The molecule has 1 aromatic heterocycles. The summed E-state index contributed by atoms with van der Waals surface area (Å²) in [5.74, 6) is 0.518. The van der Waals surface area contributed by atoms with Crippen LogP contribution in [0.4, 0.5) is 11.6 Å². The normalized spacial score (nSPS) is 19.1. The van der Waals surface area contributed by atoms with Crippen LogP contribution < -0.4 is 5.32 Å². The van der Waals surface area contributed by atoms with E-state index in [0.717, 1.165) is 79.9 Å². The molecule has 2 aromatic rings. The molecule has 37 heavy (non-hydrogen) atoms. The van der Waals surface area contributed by atoms with Crippen LogP contribution in [0.5, 0.6) is 0 Å². The fourth-order valence-electron chi connectivity index (χ4n) is 4.95. The van der Waals surface area contributed by atoms with Crippen LogP contribution in [0.1, 0.15) is 46.2 Å². The molecule has 4 rings (SSSR count). The molecular formula is C28H40N6O2S. The number of nitrogens with one attached hydrogen (secondary N) is 1. The SMILES string of the molecule is C=C(C)N(/C(=C\C)c1ccnc(Nc2ccc(S(=O)N3CCN(C(C)C)CC3)cc2)n1)C1CCOCC1. The van der Waals surface area contributed by atoms with E-state index in [2.05, 4.69) is 50.9 Å². The highest BCUT2D eigenvalue weighted by Gasteiger charge is 2.26. The van der Waals surface area contributed by atoms with E-state index in [9.17, 15) is 4.21 Å². The van der Waals surface area contributed by atoms with Crippen LogP contribution in [-0.4, -0.2) is 79.8 Å². The van der Waals surface area contributed by atoms with E-state index >= 15 is 0 Å². The molecule has 3 heterocycles. The summed E-state index contributed by atoms with van der Waals surface area (Å²) in [5, 5.41) is 3.31. The highest BCUT2D eigenvalue weighted by atomic mass is 32.2. The first-order chi connectivity index (χ1) is 17.9. The van der Waals surface area contributed by atoms with Crippen molar-refractivity contribution in [3.05, 3.63) is 60.6 Å². The molecule has 8 nitrogen and oxygen atoms in total. The van der Waals surface area contributed by atoms with Crippen molar-refractivity contribution in [2.45, 2.75) is 57.5 Å². The molecule has 0 bridgehead atoms. The molecule has 1 atom stereocenters. The number of piperazine rings is 1. The molecular weight excluding hydrogens is 484 g/mol. The van der Waals surface area contributed by atoms with Gasteiger partial charge in [-0.25, -0.2) is 18.5 Å². The van der Waals surface area contributed by atoms with Crippen LogP contribution in [0, 0.1) is 0 Å². The maximum absolute atomic E-state index is 13.1. The second-order valence-electron chi connectivity index (χ2n) is 9.85. The van der Waals surface area contributed by atoms with E-state index in [1.807, 2.05) is 44.2 Å². The summed E-state index contributed by atoms with van der Waals surface area (Å²) in [6.07, 6.45) is 5.78. The Balaban J connectivity index is 1.43. The number of allylic oxidation sites excluding steroid dienone is 2. The molecule has 0 spiro atoms. The van der Waals surface area contributed by atoms with Crippen LogP contribution in [-0.2, 0) is 15.7 Å². The summed E-state index contributed by atoms with van der Waals surface area (Å²) in [5.41, 5.74) is 3.70. The average molecular weight is 525 g/mol. The highest BCUT2D eigenvalue weighted by Crippen LogP contribution is 2.29. The van der Waals surface area contributed by atoms with Crippen molar-refractivity contribution in [1.82, 2.24) is 24.1 Å². The van der Waals surface area contributed by atoms with Gasteiger partial charge in [0, 0.05) is 69.1 Å². The summed E-state index contributed by atoms with van der Waals surface area (Å²) in [7, 11) is -1.16. The lowest BCUT2D eigenvalue weighted by Gasteiger charge is -2.37. The first-order valence-electron chi connectivity index (χ1n) is 13.2. The molecule has 1 unspecified atom stereocenters. The molecule has 2 fully saturated rings. The zero-order valence-electron chi connectivity index (χ0n) is 22.5. The van der Waals surface area contributed by atoms with Crippen molar-refractivity contribution < 1.29 is 8.95 Å². The lowest BCUT2D eigenvalue weighted by atomic mass is 10.0. The predicted octanol–water partition coefficient (Wildman–Crippen LogP) is 4.64. The van der Waals surface area contributed by atoms with E-state index in [-0.39, 0.29) is 0 Å².